The molecular formula is C25H32O6. The van der Waals surface area contributed by atoms with Gasteiger partial charge in [0.15, 0.2) is 0 Å². The standard InChI is InChI=1S/C25H32O6/c1-13(26)30-20-7-8-24(4)18(23(20,2)3)6-9-25(5)19(24)11-15-17(27)10-14-16(21(15)31-25)12-29-22(14)28/h10,18-20,27H,6-9,11-12H2,1-5H3. The molecule has 0 saturated heterocycles. The second-order valence-corrected chi connectivity index (χ2v) is 11.0. The molecule has 0 spiro atoms. The Bertz CT molecular complexity index is 981. The molecule has 6 nitrogen and oxygen atoms in total. The first-order valence-electron chi connectivity index (χ1n) is 11.4. The van der Waals surface area contributed by atoms with Gasteiger partial charge < -0.3 is 19.3 Å². The van der Waals surface area contributed by atoms with Gasteiger partial charge in [-0.2, -0.15) is 0 Å². The number of cyclic esters (lactones) is 1. The highest BCUT2D eigenvalue weighted by atomic mass is 16.5. The van der Waals surface area contributed by atoms with Crippen molar-refractivity contribution >= 4 is 11.9 Å². The lowest BCUT2D eigenvalue weighted by Crippen LogP contribution is -2.64. The molecule has 0 amide bonds. The van der Waals surface area contributed by atoms with Crippen molar-refractivity contribution in [1.82, 2.24) is 0 Å². The molecule has 1 aromatic carbocycles. The summed E-state index contributed by atoms with van der Waals surface area (Å²) in [5.41, 5.74) is 1.45. The zero-order chi connectivity index (χ0) is 22.3. The highest BCUT2D eigenvalue weighted by molar-refractivity contribution is 5.95. The molecule has 2 aliphatic carbocycles. The molecule has 2 heterocycles. The molecule has 0 aromatic heterocycles. The summed E-state index contributed by atoms with van der Waals surface area (Å²) in [6.45, 7) is 10.7. The number of ether oxygens (including phenoxy) is 3. The van der Waals surface area contributed by atoms with Crippen LogP contribution >= 0.6 is 0 Å². The van der Waals surface area contributed by atoms with Crippen LogP contribution in [0.4, 0.5) is 0 Å². The fourth-order valence-corrected chi connectivity index (χ4v) is 7.50. The van der Waals surface area contributed by atoms with E-state index in [1.54, 1.807) is 6.07 Å². The molecule has 5 rings (SSSR count). The van der Waals surface area contributed by atoms with Crippen molar-refractivity contribution in [2.24, 2.45) is 22.7 Å². The fourth-order valence-electron chi connectivity index (χ4n) is 7.50. The van der Waals surface area contributed by atoms with Crippen LogP contribution < -0.4 is 4.74 Å². The maximum atomic E-state index is 12.1. The van der Waals surface area contributed by atoms with Crippen LogP contribution in [0.2, 0.25) is 0 Å². The Hall–Kier alpha value is -2.24. The number of rotatable bonds is 1. The summed E-state index contributed by atoms with van der Waals surface area (Å²) in [5.74, 6) is 0.745. The first kappa shape index (κ1) is 20.7. The van der Waals surface area contributed by atoms with E-state index in [1.807, 2.05) is 0 Å². The van der Waals surface area contributed by atoms with Gasteiger partial charge >= 0.3 is 11.9 Å². The van der Waals surface area contributed by atoms with Crippen LogP contribution in [0.25, 0.3) is 0 Å². The Kier molecular flexibility index (Phi) is 4.26. The van der Waals surface area contributed by atoms with Crippen LogP contribution in [-0.4, -0.2) is 28.8 Å². The Balaban J connectivity index is 1.55. The lowest BCUT2D eigenvalue weighted by atomic mass is 9.44. The number of hydrogen-bond acceptors (Lipinski definition) is 6. The average Bonchev–Trinajstić information content (AvgIpc) is 3.04. The van der Waals surface area contributed by atoms with Gasteiger partial charge in [-0.05, 0) is 56.4 Å². The molecule has 4 aliphatic rings. The first-order valence-corrected chi connectivity index (χ1v) is 11.4. The van der Waals surface area contributed by atoms with Crippen LogP contribution in [0.3, 0.4) is 0 Å². The van der Waals surface area contributed by atoms with Crippen LogP contribution in [0, 0.1) is 22.7 Å². The van der Waals surface area contributed by atoms with E-state index in [9.17, 15) is 14.7 Å². The van der Waals surface area contributed by atoms with Gasteiger partial charge in [0.05, 0.1) is 5.56 Å². The monoisotopic (exact) mass is 428 g/mol. The minimum absolute atomic E-state index is 0.0113. The first-order chi connectivity index (χ1) is 14.5. The Morgan fingerprint density at radius 3 is 2.58 bits per heavy atom. The number of fused-ring (bicyclic) bond motifs is 6. The highest BCUT2D eigenvalue weighted by Crippen LogP contribution is 2.65. The molecule has 5 unspecified atom stereocenters. The predicted molar refractivity (Wildman–Crippen MR) is 113 cm³/mol. The van der Waals surface area contributed by atoms with Gasteiger partial charge in [0, 0.05) is 29.4 Å². The Morgan fingerprint density at radius 1 is 1.13 bits per heavy atom. The van der Waals surface area contributed by atoms with E-state index < -0.39 is 5.97 Å². The van der Waals surface area contributed by atoms with Crippen molar-refractivity contribution in [3.63, 3.8) is 0 Å². The van der Waals surface area contributed by atoms with Crippen molar-refractivity contribution in [1.29, 1.82) is 0 Å². The lowest BCUT2D eigenvalue weighted by Gasteiger charge is -2.64. The van der Waals surface area contributed by atoms with Crippen LogP contribution in [0.5, 0.6) is 11.5 Å². The normalized spacial score (nSPS) is 37.5. The van der Waals surface area contributed by atoms with Crippen molar-refractivity contribution in [2.45, 2.75) is 85.0 Å². The average molecular weight is 429 g/mol. The number of hydrogen-bond donors (Lipinski definition) is 1. The lowest BCUT2D eigenvalue weighted by molar-refractivity contribution is -0.204. The summed E-state index contributed by atoms with van der Waals surface area (Å²) in [5, 5.41) is 10.8. The summed E-state index contributed by atoms with van der Waals surface area (Å²) in [6, 6.07) is 1.54. The molecule has 168 valence electrons. The number of phenolic OH excluding ortho intramolecular Hbond substituents is 1. The molecule has 0 radical (unpaired) electrons. The number of phenols is 1. The van der Waals surface area contributed by atoms with Gasteiger partial charge in [-0.3, -0.25) is 4.79 Å². The number of carbonyl (C=O) groups excluding carboxylic acids is 2. The van der Waals surface area contributed by atoms with Crippen LogP contribution in [-0.2, 0) is 27.3 Å². The van der Waals surface area contributed by atoms with E-state index in [1.165, 1.54) is 6.92 Å². The molecule has 1 N–H and O–H groups in total. The molecule has 0 bridgehead atoms. The van der Waals surface area contributed by atoms with Gasteiger partial charge in [0.25, 0.3) is 0 Å². The molecule has 2 saturated carbocycles. The van der Waals surface area contributed by atoms with Crippen molar-refractivity contribution < 1.29 is 28.9 Å². The molecule has 1 aromatic rings. The van der Waals surface area contributed by atoms with E-state index in [-0.39, 0.29) is 46.8 Å². The van der Waals surface area contributed by atoms with E-state index in [2.05, 4.69) is 27.7 Å². The SMILES string of the molecule is CC(=O)OC1CCC2(C)C3Cc4c(O)cc5c(c4OC3(C)CCC2C1(C)C)COC5=O. The number of aromatic hydroxyl groups is 1. The summed E-state index contributed by atoms with van der Waals surface area (Å²) < 4.78 is 17.7. The Morgan fingerprint density at radius 2 is 1.87 bits per heavy atom. The zero-order valence-electron chi connectivity index (χ0n) is 19.0. The van der Waals surface area contributed by atoms with Gasteiger partial charge in [-0.1, -0.05) is 20.8 Å². The molecule has 2 aliphatic heterocycles. The van der Waals surface area contributed by atoms with E-state index in [0.29, 0.717) is 23.7 Å². The minimum atomic E-state index is -0.398. The van der Waals surface area contributed by atoms with Crippen molar-refractivity contribution in [3.05, 3.63) is 22.8 Å². The molecule has 31 heavy (non-hydrogen) atoms. The third-order valence-corrected chi connectivity index (χ3v) is 9.01. The maximum Gasteiger partial charge on any atom is 0.339 e. The topological polar surface area (TPSA) is 82.1 Å². The summed E-state index contributed by atoms with van der Waals surface area (Å²) >= 11 is 0. The summed E-state index contributed by atoms with van der Waals surface area (Å²) in [7, 11) is 0. The van der Waals surface area contributed by atoms with Gasteiger partial charge in [0.1, 0.15) is 29.8 Å². The number of carbonyl (C=O) groups is 2. The molecule has 6 heteroatoms. The smallest absolute Gasteiger partial charge is 0.339 e. The fraction of sp³-hybridized carbons (Fsp3) is 0.680. The van der Waals surface area contributed by atoms with Crippen molar-refractivity contribution in [2.75, 3.05) is 0 Å². The number of benzene rings is 1. The van der Waals surface area contributed by atoms with Crippen LogP contribution in [0.1, 0.15) is 81.8 Å². The predicted octanol–water partition coefficient (Wildman–Crippen LogP) is 4.54. The third-order valence-electron chi connectivity index (χ3n) is 9.01. The van der Waals surface area contributed by atoms with Gasteiger partial charge in [0.2, 0.25) is 0 Å². The van der Waals surface area contributed by atoms with E-state index in [4.69, 9.17) is 14.2 Å². The largest absolute Gasteiger partial charge is 0.508 e. The Labute approximate surface area is 183 Å². The van der Waals surface area contributed by atoms with Crippen molar-refractivity contribution in [3.8, 4) is 11.5 Å². The molecule has 5 atom stereocenters. The minimum Gasteiger partial charge on any atom is -0.508 e. The molecular weight excluding hydrogens is 396 g/mol. The van der Waals surface area contributed by atoms with Gasteiger partial charge in [-0.25, -0.2) is 4.79 Å². The quantitative estimate of drug-likeness (QED) is 0.662. The second-order valence-electron chi connectivity index (χ2n) is 11.0. The summed E-state index contributed by atoms with van der Waals surface area (Å²) in [6.07, 6.45) is 4.28. The third kappa shape index (κ3) is 2.76. The van der Waals surface area contributed by atoms with Crippen LogP contribution in [0.15, 0.2) is 6.07 Å². The number of esters is 2. The zero-order valence-corrected chi connectivity index (χ0v) is 19.0. The van der Waals surface area contributed by atoms with E-state index >= 15 is 0 Å². The highest BCUT2D eigenvalue weighted by Gasteiger charge is 2.63. The maximum absolute atomic E-state index is 12.1. The van der Waals surface area contributed by atoms with E-state index in [0.717, 1.165) is 36.8 Å². The second kappa shape index (κ2) is 6.39. The summed E-state index contributed by atoms with van der Waals surface area (Å²) in [4.78, 5) is 23.8. The molecule has 2 fully saturated rings. The van der Waals surface area contributed by atoms with Gasteiger partial charge in [-0.15, -0.1) is 0 Å².